The van der Waals surface area contributed by atoms with Gasteiger partial charge in [0.15, 0.2) is 0 Å². The van der Waals surface area contributed by atoms with Gasteiger partial charge in [-0.2, -0.15) is 0 Å². The molecule has 0 bridgehead atoms. The number of rotatable bonds is 4. The second kappa shape index (κ2) is 4.45. The van der Waals surface area contributed by atoms with Crippen molar-refractivity contribution in [2.45, 2.75) is 25.9 Å². The number of methoxy groups -OCH3 is 1. The number of carbonyl (C=O) groups is 1. The Bertz CT molecular complexity index is 338. The molecule has 0 unspecified atom stereocenters. The first-order valence-corrected chi connectivity index (χ1v) is 4.80. The summed E-state index contributed by atoms with van der Waals surface area (Å²) < 4.78 is 4.98. The maximum absolute atomic E-state index is 11.0. The molecule has 3 nitrogen and oxygen atoms in total. The van der Waals surface area contributed by atoms with E-state index < -0.39 is 11.4 Å². The van der Waals surface area contributed by atoms with Crippen LogP contribution in [0, 0.1) is 0 Å². The molecule has 0 aliphatic carbocycles. The lowest BCUT2D eigenvalue weighted by Crippen LogP contribution is -2.28. The van der Waals surface area contributed by atoms with Crippen LogP contribution in [0.3, 0.4) is 0 Å². The summed E-state index contributed by atoms with van der Waals surface area (Å²) in [5.41, 5.74) is 1.00. The standard InChI is InChI=1S/C12H16O3/c1-12(2,11(13)14)10-6-4-9(5-7-10)8-15-3/h4-7H,8H2,1-3H3,(H,13,14). The van der Waals surface area contributed by atoms with Crippen LogP contribution in [0.4, 0.5) is 0 Å². The SMILES string of the molecule is COCc1ccc(C(C)(C)C(=O)O)cc1. The molecule has 1 aromatic carbocycles. The molecule has 1 rings (SSSR count). The van der Waals surface area contributed by atoms with Crippen LogP contribution in [0.5, 0.6) is 0 Å². The molecule has 1 aromatic rings. The molecule has 0 heterocycles. The predicted molar refractivity (Wildman–Crippen MR) is 57.8 cm³/mol. The van der Waals surface area contributed by atoms with E-state index in [4.69, 9.17) is 9.84 Å². The maximum Gasteiger partial charge on any atom is 0.313 e. The van der Waals surface area contributed by atoms with Crippen LogP contribution in [-0.2, 0) is 21.6 Å². The zero-order valence-corrected chi connectivity index (χ0v) is 9.28. The molecule has 0 aliphatic rings. The van der Waals surface area contributed by atoms with E-state index in [1.807, 2.05) is 24.3 Å². The average molecular weight is 208 g/mol. The van der Waals surface area contributed by atoms with Crippen LogP contribution >= 0.6 is 0 Å². The second-order valence-electron chi connectivity index (χ2n) is 4.06. The lowest BCUT2D eigenvalue weighted by Gasteiger charge is -2.19. The second-order valence-corrected chi connectivity index (χ2v) is 4.06. The van der Waals surface area contributed by atoms with Gasteiger partial charge in [0.1, 0.15) is 0 Å². The highest BCUT2D eigenvalue weighted by Gasteiger charge is 2.28. The fraction of sp³-hybridized carbons (Fsp3) is 0.417. The number of ether oxygens (including phenoxy) is 1. The molecule has 0 atom stereocenters. The third kappa shape index (κ3) is 2.57. The Morgan fingerprint density at radius 3 is 2.27 bits per heavy atom. The zero-order valence-electron chi connectivity index (χ0n) is 9.28. The third-order valence-electron chi connectivity index (χ3n) is 2.52. The summed E-state index contributed by atoms with van der Waals surface area (Å²) in [5, 5.41) is 9.04. The highest BCUT2D eigenvalue weighted by Crippen LogP contribution is 2.23. The van der Waals surface area contributed by atoms with Gasteiger partial charge < -0.3 is 9.84 Å². The third-order valence-corrected chi connectivity index (χ3v) is 2.52. The van der Waals surface area contributed by atoms with Gasteiger partial charge in [0.05, 0.1) is 12.0 Å². The normalized spacial score (nSPS) is 11.4. The molecule has 82 valence electrons. The predicted octanol–water partition coefficient (Wildman–Crippen LogP) is 2.20. The fourth-order valence-electron chi connectivity index (χ4n) is 1.31. The van der Waals surface area contributed by atoms with Gasteiger partial charge in [-0.1, -0.05) is 24.3 Å². The molecular formula is C12H16O3. The summed E-state index contributed by atoms with van der Waals surface area (Å²) in [6.07, 6.45) is 0. The quantitative estimate of drug-likeness (QED) is 0.825. The Morgan fingerprint density at radius 2 is 1.87 bits per heavy atom. The lowest BCUT2D eigenvalue weighted by atomic mass is 9.84. The number of hydrogen-bond acceptors (Lipinski definition) is 2. The first-order valence-electron chi connectivity index (χ1n) is 4.80. The molecule has 0 fully saturated rings. The summed E-state index contributed by atoms with van der Waals surface area (Å²) in [5.74, 6) is -0.818. The maximum atomic E-state index is 11.0. The van der Waals surface area contributed by atoms with Gasteiger partial charge in [0, 0.05) is 7.11 Å². The van der Waals surface area contributed by atoms with Gasteiger partial charge in [0.25, 0.3) is 0 Å². The van der Waals surface area contributed by atoms with Gasteiger partial charge in [-0.25, -0.2) is 0 Å². The van der Waals surface area contributed by atoms with Crippen molar-refractivity contribution in [3.05, 3.63) is 35.4 Å². The Hall–Kier alpha value is -1.35. The van der Waals surface area contributed by atoms with Crippen LogP contribution < -0.4 is 0 Å². The van der Waals surface area contributed by atoms with Crippen molar-refractivity contribution in [1.29, 1.82) is 0 Å². The smallest absolute Gasteiger partial charge is 0.313 e. The van der Waals surface area contributed by atoms with Crippen molar-refractivity contribution in [2.24, 2.45) is 0 Å². The first kappa shape index (κ1) is 11.7. The van der Waals surface area contributed by atoms with E-state index in [1.165, 1.54) is 0 Å². The fourth-order valence-corrected chi connectivity index (χ4v) is 1.31. The molecule has 0 saturated heterocycles. The van der Waals surface area contributed by atoms with E-state index in [2.05, 4.69) is 0 Å². The summed E-state index contributed by atoms with van der Waals surface area (Å²) in [6, 6.07) is 7.46. The van der Waals surface area contributed by atoms with Crippen molar-refractivity contribution in [1.82, 2.24) is 0 Å². The minimum atomic E-state index is -0.842. The van der Waals surface area contributed by atoms with Crippen molar-refractivity contribution < 1.29 is 14.6 Å². The molecule has 0 saturated carbocycles. The van der Waals surface area contributed by atoms with Crippen molar-refractivity contribution in [2.75, 3.05) is 7.11 Å². The summed E-state index contributed by atoms with van der Waals surface area (Å²) in [7, 11) is 1.63. The van der Waals surface area contributed by atoms with E-state index >= 15 is 0 Å². The Kier molecular flexibility index (Phi) is 3.48. The number of hydrogen-bond donors (Lipinski definition) is 1. The number of carboxylic acids is 1. The number of carboxylic acid groups (broad SMARTS) is 1. The van der Waals surface area contributed by atoms with E-state index in [1.54, 1.807) is 21.0 Å². The van der Waals surface area contributed by atoms with Crippen LogP contribution in [0.1, 0.15) is 25.0 Å². The monoisotopic (exact) mass is 208 g/mol. The molecule has 0 radical (unpaired) electrons. The highest BCUT2D eigenvalue weighted by molar-refractivity contribution is 5.80. The summed E-state index contributed by atoms with van der Waals surface area (Å²) in [4.78, 5) is 11.0. The van der Waals surface area contributed by atoms with E-state index in [0.29, 0.717) is 6.61 Å². The van der Waals surface area contributed by atoms with Gasteiger partial charge >= 0.3 is 5.97 Å². The Balaban J connectivity index is 2.93. The summed E-state index contributed by atoms with van der Waals surface area (Å²) in [6.45, 7) is 3.94. The van der Waals surface area contributed by atoms with Crippen molar-refractivity contribution >= 4 is 5.97 Å². The largest absolute Gasteiger partial charge is 0.481 e. The van der Waals surface area contributed by atoms with E-state index in [9.17, 15) is 4.79 Å². The minimum Gasteiger partial charge on any atom is -0.481 e. The molecule has 0 spiro atoms. The van der Waals surface area contributed by atoms with Crippen LogP contribution in [0.25, 0.3) is 0 Å². The molecule has 15 heavy (non-hydrogen) atoms. The summed E-state index contributed by atoms with van der Waals surface area (Å²) >= 11 is 0. The topological polar surface area (TPSA) is 46.5 Å². The van der Waals surface area contributed by atoms with Gasteiger partial charge in [0.2, 0.25) is 0 Å². The molecule has 1 N–H and O–H groups in total. The molecule has 0 amide bonds. The Morgan fingerprint density at radius 1 is 1.33 bits per heavy atom. The van der Waals surface area contributed by atoms with Crippen LogP contribution in [0.15, 0.2) is 24.3 Å². The molecule has 3 heteroatoms. The number of aliphatic carboxylic acids is 1. The Labute approximate surface area is 89.7 Å². The molecular weight excluding hydrogens is 192 g/mol. The van der Waals surface area contributed by atoms with Crippen LogP contribution in [-0.4, -0.2) is 18.2 Å². The minimum absolute atomic E-state index is 0.549. The van der Waals surface area contributed by atoms with Crippen molar-refractivity contribution in [3.8, 4) is 0 Å². The van der Waals surface area contributed by atoms with E-state index in [-0.39, 0.29) is 0 Å². The average Bonchev–Trinajstić information content (AvgIpc) is 2.19. The highest BCUT2D eigenvalue weighted by atomic mass is 16.5. The van der Waals surface area contributed by atoms with E-state index in [0.717, 1.165) is 11.1 Å². The zero-order chi connectivity index (χ0) is 11.5. The van der Waals surface area contributed by atoms with Gasteiger partial charge in [-0.15, -0.1) is 0 Å². The first-order chi connectivity index (χ1) is 6.98. The van der Waals surface area contributed by atoms with Gasteiger partial charge in [-0.05, 0) is 25.0 Å². The molecule has 0 aliphatic heterocycles. The lowest BCUT2D eigenvalue weighted by molar-refractivity contribution is -0.142. The molecule has 0 aromatic heterocycles. The number of benzene rings is 1. The van der Waals surface area contributed by atoms with Crippen molar-refractivity contribution in [3.63, 3.8) is 0 Å². The van der Waals surface area contributed by atoms with Gasteiger partial charge in [-0.3, -0.25) is 4.79 Å². The van der Waals surface area contributed by atoms with Crippen LogP contribution in [0.2, 0.25) is 0 Å².